The summed E-state index contributed by atoms with van der Waals surface area (Å²) in [5, 5.41) is 10.1. The molecule has 130 valence electrons. The average molecular weight is 343 g/mol. The number of nitrogens with zero attached hydrogens (tertiary/aromatic N) is 3. The van der Waals surface area contributed by atoms with Crippen molar-refractivity contribution in [2.45, 2.75) is 0 Å². The first kappa shape index (κ1) is 17.4. The van der Waals surface area contributed by atoms with Crippen LogP contribution < -0.4 is 4.90 Å². The lowest BCUT2D eigenvalue weighted by molar-refractivity contribution is 0.515. The van der Waals surface area contributed by atoms with Crippen LogP contribution in [0.25, 0.3) is 24.0 Å². The molecule has 4 heteroatoms. The maximum atomic E-state index is 10.1. The van der Waals surface area contributed by atoms with Crippen molar-refractivity contribution in [3.8, 4) is 0 Å². The lowest BCUT2D eigenvalue weighted by Crippen LogP contribution is -2.07. The van der Waals surface area contributed by atoms with E-state index in [1.165, 1.54) is 0 Å². The van der Waals surface area contributed by atoms with Crippen LogP contribution in [0.1, 0.15) is 22.5 Å². The monoisotopic (exact) mass is 343 g/mol. The molecule has 3 rings (SSSR count). The van der Waals surface area contributed by atoms with Crippen LogP contribution in [0.4, 0.5) is 5.69 Å². The molecule has 0 aliphatic carbocycles. The van der Waals surface area contributed by atoms with Gasteiger partial charge in [0.15, 0.2) is 0 Å². The molecule has 0 aliphatic heterocycles. The number of rotatable bonds is 5. The molecule has 3 aromatic rings. The van der Waals surface area contributed by atoms with Crippen LogP contribution in [0.15, 0.2) is 67.0 Å². The maximum absolute atomic E-state index is 10.1. The van der Waals surface area contributed by atoms with Gasteiger partial charge in [0, 0.05) is 31.4 Å². The first-order valence-electron chi connectivity index (χ1n) is 8.35. The summed E-state index contributed by atoms with van der Waals surface area (Å²) in [6.45, 7) is 0. The third-order valence-electron chi connectivity index (χ3n) is 3.90. The molecule has 0 bridgehead atoms. The first-order chi connectivity index (χ1) is 12.6. The van der Waals surface area contributed by atoms with Crippen molar-refractivity contribution >= 4 is 29.7 Å². The summed E-state index contributed by atoms with van der Waals surface area (Å²) >= 11 is 0. The van der Waals surface area contributed by atoms with E-state index in [4.69, 9.17) is 0 Å². The molecule has 0 amide bonds. The Labute approximate surface area is 153 Å². The molecule has 0 saturated heterocycles. The van der Waals surface area contributed by atoms with Crippen LogP contribution >= 0.6 is 0 Å². The molecule has 1 N–H and O–H groups in total. The summed E-state index contributed by atoms with van der Waals surface area (Å²) in [6.07, 6.45) is 8.86. The Morgan fingerprint density at radius 2 is 1.50 bits per heavy atom. The Kier molecular flexibility index (Phi) is 5.44. The van der Waals surface area contributed by atoms with Gasteiger partial charge in [-0.05, 0) is 23.8 Å². The summed E-state index contributed by atoms with van der Waals surface area (Å²) in [5.74, 6) is 0.171. The third kappa shape index (κ3) is 4.57. The van der Waals surface area contributed by atoms with Crippen molar-refractivity contribution < 1.29 is 5.11 Å². The van der Waals surface area contributed by atoms with E-state index >= 15 is 0 Å². The number of anilines is 1. The molecule has 0 fully saturated rings. The average Bonchev–Trinajstić information content (AvgIpc) is 2.68. The molecule has 0 aliphatic rings. The Hall–Kier alpha value is -3.40. The van der Waals surface area contributed by atoms with E-state index in [1.54, 1.807) is 18.5 Å². The molecular formula is C22H21N3O. The van der Waals surface area contributed by atoms with Gasteiger partial charge in [-0.2, -0.15) is 0 Å². The molecule has 26 heavy (non-hydrogen) atoms. The van der Waals surface area contributed by atoms with Crippen LogP contribution in [0.5, 0.6) is 0 Å². The van der Waals surface area contributed by atoms with Crippen molar-refractivity contribution in [3.63, 3.8) is 0 Å². The zero-order valence-electron chi connectivity index (χ0n) is 14.9. The smallest absolute Gasteiger partial charge is 0.125 e. The predicted octanol–water partition coefficient (Wildman–Crippen LogP) is 4.77. The van der Waals surface area contributed by atoms with E-state index in [0.29, 0.717) is 5.69 Å². The van der Waals surface area contributed by atoms with Gasteiger partial charge in [0.1, 0.15) is 5.76 Å². The third-order valence-corrected chi connectivity index (χ3v) is 3.90. The number of aromatic nitrogens is 2. The second kappa shape index (κ2) is 8.12. The van der Waals surface area contributed by atoms with Crippen LogP contribution in [0, 0.1) is 0 Å². The summed E-state index contributed by atoms with van der Waals surface area (Å²) in [7, 11) is 4.04. The molecule has 1 aromatic heterocycles. The highest BCUT2D eigenvalue weighted by atomic mass is 16.3. The zero-order valence-corrected chi connectivity index (χ0v) is 14.9. The highest BCUT2D eigenvalue weighted by Crippen LogP contribution is 2.15. The Balaban J connectivity index is 1.69. The molecule has 0 atom stereocenters. The van der Waals surface area contributed by atoms with Gasteiger partial charge in [-0.25, -0.2) is 0 Å². The standard InChI is InChI=1S/C22H21N3O/c1-25(2)21-12-9-17(10-13-21)8-11-19-15-24-20(16-23-19)14-22(26)18-6-4-3-5-7-18/h3-16,26H,1-2H3/b11-8+,22-14-. The van der Waals surface area contributed by atoms with E-state index in [1.807, 2.05) is 56.6 Å². The van der Waals surface area contributed by atoms with Gasteiger partial charge in [-0.3, -0.25) is 9.97 Å². The van der Waals surface area contributed by atoms with E-state index in [0.717, 1.165) is 22.5 Å². The van der Waals surface area contributed by atoms with Gasteiger partial charge in [0.2, 0.25) is 0 Å². The normalized spacial score (nSPS) is 11.7. The summed E-state index contributed by atoms with van der Waals surface area (Å²) < 4.78 is 0. The van der Waals surface area contributed by atoms with Crippen molar-refractivity contribution in [2.24, 2.45) is 0 Å². The summed E-state index contributed by atoms with van der Waals surface area (Å²) in [6, 6.07) is 17.6. The summed E-state index contributed by atoms with van der Waals surface area (Å²) in [5.41, 5.74) is 4.38. The van der Waals surface area contributed by atoms with Crippen molar-refractivity contribution in [3.05, 3.63) is 89.5 Å². The second-order valence-electron chi connectivity index (χ2n) is 6.08. The maximum Gasteiger partial charge on any atom is 0.125 e. The highest BCUT2D eigenvalue weighted by molar-refractivity contribution is 5.75. The van der Waals surface area contributed by atoms with E-state index in [2.05, 4.69) is 39.1 Å². The van der Waals surface area contributed by atoms with E-state index in [9.17, 15) is 5.11 Å². The minimum absolute atomic E-state index is 0.171. The molecular weight excluding hydrogens is 322 g/mol. The lowest BCUT2D eigenvalue weighted by Gasteiger charge is -2.11. The molecule has 0 spiro atoms. The quantitative estimate of drug-likeness (QED) is 0.678. The number of aliphatic hydroxyl groups excluding tert-OH is 1. The first-order valence-corrected chi connectivity index (χ1v) is 8.35. The van der Waals surface area contributed by atoms with Crippen LogP contribution in [0.3, 0.4) is 0 Å². The Morgan fingerprint density at radius 3 is 2.12 bits per heavy atom. The minimum atomic E-state index is 0.171. The highest BCUT2D eigenvalue weighted by Gasteiger charge is 2.00. The lowest BCUT2D eigenvalue weighted by atomic mass is 10.1. The van der Waals surface area contributed by atoms with Crippen LogP contribution in [-0.4, -0.2) is 29.2 Å². The van der Waals surface area contributed by atoms with Crippen molar-refractivity contribution in [1.82, 2.24) is 9.97 Å². The van der Waals surface area contributed by atoms with Crippen LogP contribution in [0.2, 0.25) is 0 Å². The molecule has 0 unspecified atom stereocenters. The number of benzene rings is 2. The summed E-state index contributed by atoms with van der Waals surface area (Å²) in [4.78, 5) is 10.8. The molecule has 1 heterocycles. The molecule has 4 nitrogen and oxygen atoms in total. The van der Waals surface area contributed by atoms with Gasteiger partial charge in [0.25, 0.3) is 0 Å². The van der Waals surface area contributed by atoms with Gasteiger partial charge >= 0.3 is 0 Å². The topological polar surface area (TPSA) is 49.2 Å². The Bertz CT molecular complexity index is 896. The van der Waals surface area contributed by atoms with Crippen molar-refractivity contribution in [2.75, 3.05) is 19.0 Å². The van der Waals surface area contributed by atoms with Gasteiger partial charge < -0.3 is 10.0 Å². The SMILES string of the molecule is CN(C)c1ccc(/C=C/c2cnc(/C=C(\O)c3ccccc3)cn2)cc1. The molecule has 0 saturated carbocycles. The molecule has 0 radical (unpaired) electrons. The Morgan fingerprint density at radius 1 is 0.846 bits per heavy atom. The fraction of sp³-hybridized carbons (Fsp3) is 0.0909. The van der Waals surface area contributed by atoms with Gasteiger partial charge in [-0.15, -0.1) is 0 Å². The number of hydrogen-bond acceptors (Lipinski definition) is 4. The minimum Gasteiger partial charge on any atom is -0.507 e. The number of aliphatic hydroxyl groups is 1. The van der Waals surface area contributed by atoms with Crippen LogP contribution in [-0.2, 0) is 0 Å². The van der Waals surface area contributed by atoms with Gasteiger partial charge in [0.05, 0.1) is 23.8 Å². The fourth-order valence-corrected chi connectivity index (χ4v) is 2.41. The second-order valence-corrected chi connectivity index (χ2v) is 6.08. The van der Waals surface area contributed by atoms with E-state index < -0.39 is 0 Å². The number of hydrogen-bond donors (Lipinski definition) is 1. The fourth-order valence-electron chi connectivity index (χ4n) is 2.41. The molecule has 2 aromatic carbocycles. The zero-order chi connectivity index (χ0) is 18.4. The van der Waals surface area contributed by atoms with E-state index in [-0.39, 0.29) is 5.76 Å². The van der Waals surface area contributed by atoms with Crippen molar-refractivity contribution in [1.29, 1.82) is 0 Å². The largest absolute Gasteiger partial charge is 0.507 e. The predicted molar refractivity (Wildman–Crippen MR) is 109 cm³/mol. The van der Waals surface area contributed by atoms with Gasteiger partial charge in [-0.1, -0.05) is 48.5 Å².